The Morgan fingerprint density at radius 2 is 1.76 bits per heavy atom. The van der Waals surface area contributed by atoms with Crippen molar-refractivity contribution < 1.29 is 23.1 Å². The average molecular weight is 402 g/mol. The van der Waals surface area contributed by atoms with Crippen molar-refractivity contribution in [1.82, 2.24) is 20.2 Å². The van der Waals surface area contributed by atoms with E-state index in [1.54, 1.807) is 55.5 Å². The number of rotatable bonds is 8. The van der Waals surface area contributed by atoms with Crippen molar-refractivity contribution in [2.24, 2.45) is 0 Å². The Kier molecular flexibility index (Phi) is 6.38. The maximum atomic E-state index is 13.5. The molecule has 1 heterocycles. The van der Waals surface area contributed by atoms with E-state index in [9.17, 15) is 18.4 Å². The Bertz CT molecular complexity index is 992. The number of nitrogens with one attached hydrogen (secondary N) is 2. The third kappa shape index (κ3) is 5.07. The van der Waals surface area contributed by atoms with Crippen molar-refractivity contribution in [2.75, 3.05) is 13.2 Å². The van der Waals surface area contributed by atoms with Gasteiger partial charge in [0.2, 0.25) is 5.91 Å². The van der Waals surface area contributed by atoms with Crippen molar-refractivity contribution >= 4 is 22.8 Å². The lowest BCUT2D eigenvalue weighted by atomic mass is 10.3. The second-order valence-corrected chi connectivity index (χ2v) is 6.27. The van der Waals surface area contributed by atoms with Gasteiger partial charge in [0.1, 0.15) is 11.6 Å². The maximum absolute atomic E-state index is 13.5. The molecule has 0 saturated heterocycles. The molecule has 0 saturated carbocycles. The molecule has 1 atom stereocenters. The Morgan fingerprint density at radius 3 is 2.48 bits per heavy atom. The molecule has 152 valence electrons. The molecule has 9 heteroatoms. The number of para-hydroxylation sites is 3. The molecule has 3 aromatic rings. The topological polar surface area (TPSA) is 85.2 Å². The second-order valence-electron chi connectivity index (χ2n) is 6.27. The average Bonchev–Trinajstić information content (AvgIpc) is 3.11. The van der Waals surface area contributed by atoms with Crippen LogP contribution in [0.25, 0.3) is 11.0 Å². The Balaban J connectivity index is 1.55. The van der Waals surface area contributed by atoms with E-state index < -0.39 is 24.4 Å². The molecule has 0 aliphatic carbocycles. The van der Waals surface area contributed by atoms with Crippen molar-refractivity contribution in [1.29, 1.82) is 0 Å². The summed E-state index contributed by atoms with van der Waals surface area (Å²) in [6.45, 7) is -1.80. The first kappa shape index (κ1) is 20.2. The molecular formula is C20H20F2N4O3. The third-order valence-electron chi connectivity index (χ3n) is 4.14. The fourth-order valence-electron chi connectivity index (χ4n) is 2.83. The van der Waals surface area contributed by atoms with Gasteiger partial charge in [-0.15, -0.1) is 0 Å². The summed E-state index contributed by atoms with van der Waals surface area (Å²) < 4.78 is 33.1. The molecular weight excluding hydrogens is 382 g/mol. The van der Waals surface area contributed by atoms with Crippen LogP contribution in [0, 0.1) is 0 Å². The number of benzene rings is 2. The Hall–Kier alpha value is -3.49. The number of alkyl halides is 2. The van der Waals surface area contributed by atoms with Gasteiger partial charge in [-0.25, -0.2) is 4.98 Å². The number of aromatic nitrogens is 2. The number of hydrogen-bond acceptors (Lipinski definition) is 4. The molecule has 2 aromatic carbocycles. The number of halogens is 2. The van der Waals surface area contributed by atoms with Gasteiger partial charge in [-0.1, -0.05) is 30.3 Å². The highest BCUT2D eigenvalue weighted by atomic mass is 19.3. The van der Waals surface area contributed by atoms with Gasteiger partial charge in [-0.05, 0) is 31.2 Å². The lowest BCUT2D eigenvalue weighted by molar-refractivity contribution is -0.127. The summed E-state index contributed by atoms with van der Waals surface area (Å²) in [5.74, 6) is -0.435. The first-order valence-corrected chi connectivity index (χ1v) is 8.94. The summed E-state index contributed by atoms with van der Waals surface area (Å²) in [6.07, 6.45) is 0. The highest BCUT2D eigenvalue weighted by molar-refractivity contribution is 5.85. The van der Waals surface area contributed by atoms with Gasteiger partial charge in [0.25, 0.3) is 5.91 Å². The first-order chi connectivity index (χ1) is 14.0. The van der Waals surface area contributed by atoms with Crippen LogP contribution in [0.4, 0.5) is 8.78 Å². The molecule has 0 fully saturated rings. The van der Waals surface area contributed by atoms with E-state index in [1.165, 1.54) is 0 Å². The predicted octanol–water partition coefficient (Wildman–Crippen LogP) is 2.80. The highest BCUT2D eigenvalue weighted by Gasteiger charge is 2.22. The summed E-state index contributed by atoms with van der Waals surface area (Å²) in [4.78, 5) is 28.1. The highest BCUT2D eigenvalue weighted by Crippen LogP contribution is 2.26. The molecule has 2 amide bonds. The summed E-state index contributed by atoms with van der Waals surface area (Å²) in [6, 6.07) is 14.5. The number of fused-ring (bicyclic) bond motifs is 1. The maximum Gasteiger partial charge on any atom is 0.320 e. The van der Waals surface area contributed by atoms with Crippen LogP contribution in [-0.4, -0.2) is 34.5 Å². The first-order valence-electron chi connectivity index (χ1n) is 8.94. The van der Waals surface area contributed by atoms with Gasteiger partial charge in [0.15, 0.2) is 6.61 Å². The molecule has 2 N–H and O–H groups in total. The molecule has 0 radical (unpaired) electrons. The normalized spacial score (nSPS) is 12.0. The summed E-state index contributed by atoms with van der Waals surface area (Å²) >= 11 is 0. The standard InChI is InChI=1S/C20H20F2N4O3/c1-13(19-25-15-9-5-6-10-16(15)26(19)20(21)22)24-17(27)11-23-18(28)12-29-14-7-3-2-4-8-14/h2-10,13,20H,11-12H2,1H3,(H,23,28)(H,24,27). The summed E-state index contributed by atoms with van der Waals surface area (Å²) in [5.41, 5.74) is 0.695. The minimum absolute atomic E-state index is 0.0355. The van der Waals surface area contributed by atoms with Crippen LogP contribution in [0.2, 0.25) is 0 Å². The van der Waals surface area contributed by atoms with Gasteiger partial charge in [0.05, 0.1) is 23.6 Å². The fraction of sp³-hybridized carbons (Fsp3) is 0.250. The van der Waals surface area contributed by atoms with Gasteiger partial charge < -0.3 is 15.4 Å². The summed E-state index contributed by atoms with van der Waals surface area (Å²) in [7, 11) is 0. The molecule has 0 aliphatic heterocycles. The third-order valence-corrected chi connectivity index (χ3v) is 4.14. The van der Waals surface area contributed by atoms with E-state index in [-0.39, 0.29) is 24.5 Å². The van der Waals surface area contributed by atoms with E-state index >= 15 is 0 Å². The van der Waals surface area contributed by atoms with E-state index in [1.807, 2.05) is 6.07 Å². The van der Waals surface area contributed by atoms with Crippen LogP contribution in [0.1, 0.15) is 25.3 Å². The Morgan fingerprint density at radius 1 is 1.07 bits per heavy atom. The van der Waals surface area contributed by atoms with Crippen LogP contribution < -0.4 is 15.4 Å². The largest absolute Gasteiger partial charge is 0.484 e. The van der Waals surface area contributed by atoms with Crippen LogP contribution in [0.5, 0.6) is 5.75 Å². The zero-order valence-corrected chi connectivity index (χ0v) is 15.6. The minimum Gasteiger partial charge on any atom is -0.484 e. The molecule has 0 bridgehead atoms. The van der Waals surface area contributed by atoms with Crippen molar-refractivity contribution in [2.45, 2.75) is 19.5 Å². The van der Waals surface area contributed by atoms with E-state index in [0.29, 0.717) is 11.3 Å². The molecule has 0 spiro atoms. The number of carbonyl (C=O) groups excluding carboxylic acids is 2. The zero-order valence-electron chi connectivity index (χ0n) is 15.6. The summed E-state index contributed by atoms with van der Waals surface area (Å²) in [5, 5.41) is 4.99. The molecule has 0 aliphatic rings. The van der Waals surface area contributed by atoms with Crippen LogP contribution in [0.15, 0.2) is 54.6 Å². The van der Waals surface area contributed by atoms with Gasteiger partial charge in [-0.2, -0.15) is 8.78 Å². The number of hydrogen-bond donors (Lipinski definition) is 2. The van der Waals surface area contributed by atoms with E-state index in [4.69, 9.17) is 4.74 Å². The lowest BCUT2D eigenvalue weighted by Gasteiger charge is -2.16. The molecule has 3 rings (SSSR count). The van der Waals surface area contributed by atoms with E-state index in [0.717, 1.165) is 4.57 Å². The lowest BCUT2D eigenvalue weighted by Crippen LogP contribution is -2.40. The smallest absolute Gasteiger partial charge is 0.320 e. The Labute approximate surface area is 165 Å². The molecule has 29 heavy (non-hydrogen) atoms. The molecule has 1 aromatic heterocycles. The number of ether oxygens (including phenoxy) is 1. The van der Waals surface area contributed by atoms with Gasteiger partial charge in [-0.3, -0.25) is 14.2 Å². The quantitative estimate of drug-likeness (QED) is 0.607. The molecule has 7 nitrogen and oxygen atoms in total. The SMILES string of the molecule is CC(NC(=O)CNC(=O)COc1ccccc1)c1nc2ccccc2n1C(F)F. The number of imidazole rings is 1. The van der Waals surface area contributed by atoms with Gasteiger partial charge >= 0.3 is 6.55 Å². The minimum atomic E-state index is -2.80. The van der Waals surface area contributed by atoms with Gasteiger partial charge in [0, 0.05) is 0 Å². The van der Waals surface area contributed by atoms with Crippen molar-refractivity contribution in [3.63, 3.8) is 0 Å². The predicted molar refractivity (Wildman–Crippen MR) is 102 cm³/mol. The number of amides is 2. The van der Waals surface area contributed by atoms with Crippen molar-refractivity contribution in [3.8, 4) is 5.75 Å². The van der Waals surface area contributed by atoms with E-state index in [2.05, 4.69) is 15.6 Å². The monoisotopic (exact) mass is 402 g/mol. The fourth-order valence-corrected chi connectivity index (χ4v) is 2.83. The van der Waals surface area contributed by atoms with Crippen LogP contribution in [-0.2, 0) is 9.59 Å². The van der Waals surface area contributed by atoms with Crippen LogP contribution >= 0.6 is 0 Å². The molecule has 1 unspecified atom stereocenters. The number of carbonyl (C=O) groups is 2. The van der Waals surface area contributed by atoms with Crippen LogP contribution in [0.3, 0.4) is 0 Å². The zero-order chi connectivity index (χ0) is 20.8. The number of nitrogens with zero attached hydrogens (tertiary/aromatic N) is 2. The second kappa shape index (κ2) is 9.13. The van der Waals surface area contributed by atoms with Crippen molar-refractivity contribution in [3.05, 3.63) is 60.4 Å².